The SMILES string of the molecule is CC(C)(C)c1ncc(C(=O)NC(/C=C/S(C)(=O)=O)CC(F)F)c(Oc2ccccc2)n1. The number of aromatic nitrogens is 2. The lowest BCUT2D eigenvalue weighted by atomic mass is 9.95. The van der Waals surface area contributed by atoms with E-state index in [2.05, 4.69) is 15.3 Å². The molecule has 1 N–H and O–H groups in total. The average Bonchev–Trinajstić information content (AvgIpc) is 2.65. The topological polar surface area (TPSA) is 98.2 Å². The summed E-state index contributed by atoms with van der Waals surface area (Å²) in [4.78, 5) is 21.4. The Morgan fingerprint density at radius 3 is 2.42 bits per heavy atom. The quantitative estimate of drug-likeness (QED) is 0.651. The van der Waals surface area contributed by atoms with E-state index in [0.29, 0.717) is 11.6 Å². The van der Waals surface area contributed by atoms with E-state index >= 15 is 0 Å². The highest BCUT2D eigenvalue weighted by Gasteiger charge is 2.24. The number of para-hydroxylation sites is 1. The number of sulfone groups is 1. The number of hydrogen-bond donors (Lipinski definition) is 1. The average molecular weight is 454 g/mol. The van der Waals surface area contributed by atoms with Crippen LogP contribution in [0.2, 0.25) is 0 Å². The molecule has 1 unspecified atom stereocenters. The summed E-state index contributed by atoms with van der Waals surface area (Å²) in [6.45, 7) is 5.68. The van der Waals surface area contributed by atoms with Gasteiger partial charge < -0.3 is 10.1 Å². The van der Waals surface area contributed by atoms with E-state index in [4.69, 9.17) is 4.74 Å². The van der Waals surface area contributed by atoms with Crippen LogP contribution in [0.25, 0.3) is 0 Å². The van der Waals surface area contributed by atoms with Gasteiger partial charge in [-0.3, -0.25) is 4.79 Å². The monoisotopic (exact) mass is 453 g/mol. The summed E-state index contributed by atoms with van der Waals surface area (Å²) in [6.07, 6.45) is -0.306. The Morgan fingerprint density at radius 2 is 1.87 bits per heavy atom. The molecule has 0 fully saturated rings. The summed E-state index contributed by atoms with van der Waals surface area (Å²) < 4.78 is 54.3. The Balaban J connectivity index is 2.39. The van der Waals surface area contributed by atoms with Crippen LogP contribution in [-0.4, -0.2) is 43.0 Å². The molecule has 1 amide bonds. The number of halogens is 2. The zero-order chi connectivity index (χ0) is 23.2. The predicted molar refractivity (Wildman–Crippen MR) is 113 cm³/mol. The van der Waals surface area contributed by atoms with Gasteiger partial charge in [0.25, 0.3) is 5.91 Å². The molecule has 0 spiro atoms. The second-order valence-electron chi connectivity index (χ2n) is 7.94. The second kappa shape index (κ2) is 9.95. The molecular weight excluding hydrogens is 428 g/mol. The first-order chi connectivity index (χ1) is 14.3. The standard InChI is InChI=1S/C21H25F2N3O4S/c1-21(2,3)20-24-13-16(19(26-20)30-15-8-6-5-7-9-15)18(27)25-14(12-17(22)23)10-11-31(4,28)29/h5-11,13-14,17H,12H2,1-4H3,(H,25,27)/b11-10+. The van der Waals surface area contributed by atoms with Crippen molar-refractivity contribution in [1.29, 1.82) is 0 Å². The van der Waals surface area contributed by atoms with Crippen LogP contribution in [-0.2, 0) is 15.3 Å². The lowest BCUT2D eigenvalue weighted by molar-refractivity contribution is 0.0906. The van der Waals surface area contributed by atoms with Gasteiger partial charge in [0, 0.05) is 29.7 Å². The van der Waals surface area contributed by atoms with Gasteiger partial charge in [-0.25, -0.2) is 22.2 Å². The number of carbonyl (C=O) groups is 1. The predicted octanol–water partition coefficient (Wildman–Crippen LogP) is 3.88. The molecule has 31 heavy (non-hydrogen) atoms. The summed E-state index contributed by atoms with van der Waals surface area (Å²) in [7, 11) is -3.55. The minimum absolute atomic E-state index is 0.0356. The lowest BCUT2D eigenvalue weighted by Gasteiger charge is -2.20. The molecule has 1 aromatic carbocycles. The van der Waals surface area contributed by atoms with E-state index in [-0.39, 0.29) is 11.4 Å². The number of rotatable bonds is 8. The molecule has 0 saturated carbocycles. The zero-order valence-corrected chi connectivity index (χ0v) is 18.5. The number of ether oxygens (including phenoxy) is 1. The van der Waals surface area contributed by atoms with E-state index in [1.807, 2.05) is 20.8 Å². The summed E-state index contributed by atoms with van der Waals surface area (Å²) in [6, 6.07) is 7.42. The Labute approximate surface area is 180 Å². The number of nitrogens with zero attached hydrogens (tertiary/aromatic N) is 2. The van der Waals surface area contributed by atoms with Crippen LogP contribution >= 0.6 is 0 Å². The summed E-state index contributed by atoms with van der Waals surface area (Å²) in [5, 5.41) is 3.17. The van der Waals surface area contributed by atoms with Crippen molar-refractivity contribution in [2.24, 2.45) is 0 Å². The number of benzene rings is 1. The van der Waals surface area contributed by atoms with Crippen molar-refractivity contribution in [3.63, 3.8) is 0 Å². The molecule has 7 nitrogen and oxygen atoms in total. The van der Waals surface area contributed by atoms with Gasteiger partial charge in [-0.1, -0.05) is 45.0 Å². The number of carbonyl (C=O) groups excluding carboxylic acids is 1. The zero-order valence-electron chi connectivity index (χ0n) is 17.7. The summed E-state index contributed by atoms with van der Waals surface area (Å²) in [5.74, 6) is 0.0500. The number of amides is 1. The molecular formula is C21H25F2N3O4S. The maximum atomic E-state index is 12.9. The molecule has 0 bridgehead atoms. The van der Waals surface area contributed by atoms with Crippen LogP contribution in [0.5, 0.6) is 11.6 Å². The second-order valence-corrected chi connectivity index (χ2v) is 9.87. The van der Waals surface area contributed by atoms with Crippen molar-refractivity contribution in [1.82, 2.24) is 15.3 Å². The molecule has 0 aliphatic heterocycles. The van der Waals surface area contributed by atoms with Crippen LogP contribution in [0.3, 0.4) is 0 Å². The van der Waals surface area contributed by atoms with Gasteiger partial charge in [-0.15, -0.1) is 0 Å². The van der Waals surface area contributed by atoms with Gasteiger partial charge in [0.05, 0.1) is 6.04 Å². The van der Waals surface area contributed by atoms with Gasteiger partial charge in [0.1, 0.15) is 17.1 Å². The third kappa shape index (κ3) is 8.05. The van der Waals surface area contributed by atoms with Crippen molar-refractivity contribution in [3.05, 3.63) is 59.4 Å². The molecule has 0 saturated heterocycles. The van der Waals surface area contributed by atoms with Gasteiger partial charge in [-0.2, -0.15) is 4.98 Å². The molecule has 0 aliphatic carbocycles. The number of nitrogens with one attached hydrogen (secondary N) is 1. The molecule has 2 rings (SSSR count). The van der Waals surface area contributed by atoms with Gasteiger partial charge in [0.2, 0.25) is 12.3 Å². The van der Waals surface area contributed by atoms with E-state index < -0.39 is 40.0 Å². The highest BCUT2D eigenvalue weighted by molar-refractivity contribution is 7.93. The molecule has 1 heterocycles. The summed E-state index contributed by atoms with van der Waals surface area (Å²) >= 11 is 0. The largest absolute Gasteiger partial charge is 0.438 e. The highest BCUT2D eigenvalue weighted by Crippen LogP contribution is 2.27. The fraction of sp³-hybridized carbons (Fsp3) is 0.381. The van der Waals surface area contributed by atoms with Gasteiger partial charge in [0.15, 0.2) is 9.84 Å². The van der Waals surface area contributed by atoms with E-state index in [1.54, 1.807) is 30.3 Å². The van der Waals surface area contributed by atoms with Crippen LogP contribution in [0.4, 0.5) is 8.78 Å². The Bertz CT molecular complexity index is 1040. The van der Waals surface area contributed by atoms with Crippen molar-refractivity contribution < 1.29 is 26.7 Å². The first kappa shape index (κ1) is 24.4. The first-order valence-electron chi connectivity index (χ1n) is 9.43. The van der Waals surface area contributed by atoms with Crippen LogP contribution < -0.4 is 10.1 Å². The van der Waals surface area contributed by atoms with Gasteiger partial charge >= 0.3 is 0 Å². The fourth-order valence-corrected chi connectivity index (χ4v) is 2.90. The smallest absolute Gasteiger partial charge is 0.258 e. The normalized spacial score (nSPS) is 13.4. The maximum Gasteiger partial charge on any atom is 0.258 e. The van der Waals surface area contributed by atoms with Crippen LogP contribution in [0.15, 0.2) is 48.0 Å². The summed E-state index contributed by atoms with van der Waals surface area (Å²) in [5.41, 5.74) is -0.496. The Morgan fingerprint density at radius 1 is 1.23 bits per heavy atom. The van der Waals surface area contributed by atoms with Crippen molar-refractivity contribution >= 4 is 15.7 Å². The van der Waals surface area contributed by atoms with Crippen molar-refractivity contribution in [2.75, 3.05) is 6.26 Å². The van der Waals surface area contributed by atoms with Crippen LogP contribution in [0, 0.1) is 0 Å². The fourth-order valence-electron chi connectivity index (χ4n) is 2.42. The lowest BCUT2D eigenvalue weighted by Crippen LogP contribution is -2.35. The third-order valence-corrected chi connectivity index (χ3v) is 4.59. The van der Waals surface area contributed by atoms with E-state index in [1.165, 1.54) is 6.20 Å². The Hall–Kier alpha value is -2.88. The Kier molecular flexibility index (Phi) is 7.83. The molecule has 2 aromatic rings. The third-order valence-electron chi connectivity index (χ3n) is 3.93. The van der Waals surface area contributed by atoms with Crippen LogP contribution in [0.1, 0.15) is 43.4 Å². The van der Waals surface area contributed by atoms with Gasteiger partial charge in [-0.05, 0) is 12.1 Å². The van der Waals surface area contributed by atoms with Crippen molar-refractivity contribution in [3.8, 4) is 11.6 Å². The van der Waals surface area contributed by atoms with Crippen molar-refractivity contribution in [2.45, 2.75) is 45.1 Å². The molecule has 1 aromatic heterocycles. The highest BCUT2D eigenvalue weighted by atomic mass is 32.2. The maximum absolute atomic E-state index is 12.9. The molecule has 0 aliphatic rings. The van der Waals surface area contributed by atoms with E-state index in [9.17, 15) is 22.0 Å². The molecule has 10 heteroatoms. The molecule has 1 atom stereocenters. The minimum atomic E-state index is -3.55. The number of hydrogen-bond acceptors (Lipinski definition) is 6. The number of alkyl halides is 2. The first-order valence-corrected chi connectivity index (χ1v) is 11.4. The molecule has 168 valence electrons. The van der Waals surface area contributed by atoms with E-state index in [0.717, 1.165) is 17.7 Å². The minimum Gasteiger partial charge on any atom is -0.438 e. The molecule has 0 radical (unpaired) electrons.